The molecule has 3 nitrogen and oxygen atoms in total. The van der Waals surface area contributed by atoms with Gasteiger partial charge in [-0.05, 0) is 42.7 Å². The molecule has 0 spiro atoms. The van der Waals surface area contributed by atoms with E-state index in [2.05, 4.69) is 34.5 Å². The third-order valence-corrected chi connectivity index (χ3v) is 4.52. The second-order valence-corrected chi connectivity index (χ2v) is 6.12. The van der Waals surface area contributed by atoms with Crippen LogP contribution in [0.2, 0.25) is 5.02 Å². The zero-order valence-corrected chi connectivity index (χ0v) is 13.3. The van der Waals surface area contributed by atoms with E-state index < -0.39 is 0 Å². The Morgan fingerprint density at radius 3 is 2.50 bits per heavy atom. The first kappa shape index (κ1) is 15.2. The maximum Gasteiger partial charge on any atom is 0.0682 e. The second kappa shape index (κ2) is 7.03. The first-order valence-corrected chi connectivity index (χ1v) is 8.10. The van der Waals surface area contributed by atoms with Gasteiger partial charge in [-0.1, -0.05) is 35.9 Å². The van der Waals surface area contributed by atoms with Gasteiger partial charge >= 0.3 is 0 Å². The molecule has 1 fully saturated rings. The summed E-state index contributed by atoms with van der Waals surface area (Å²) in [6.45, 7) is 2.12. The largest absolute Gasteiger partial charge is 0.392 e. The first-order valence-electron chi connectivity index (χ1n) is 7.72. The lowest BCUT2D eigenvalue weighted by molar-refractivity contribution is 0.282. The summed E-state index contributed by atoms with van der Waals surface area (Å²) in [6, 6.07) is 16.6. The number of halogens is 1. The minimum Gasteiger partial charge on any atom is -0.392 e. The number of rotatable bonds is 4. The molecule has 0 amide bonds. The highest BCUT2D eigenvalue weighted by Crippen LogP contribution is 2.27. The molecule has 1 aliphatic heterocycles. The van der Waals surface area contributed by atoms with Crippen LogP contribution < -0.4 is 10.2 Å². The Hall–Kier alpha value is -1.71. The average molecular weight is 317 g/mol. The number of hydrogen-bond acceptors (Lipinski definition) is 3. The van der Waals surface area contributed by atoms with Crippen molar-refractivity contribution < 1.29 is 5.11 Å². The first-order chi connectivity index (χ1) is 10.8. The van der Waals surface area contributed by atoms with E-state index in [1.807, 2.05) is 24.3 Å². The van der Waals surface area contributed by atoms with Gasteiger partial charge in [0.25, 0.3) is 0 Å². The summed E-state index contributed by atoms with van der Waals surface area (Å²) in [4.78, 5) is 2.42. The van der Waals surface area contributed by atoms with Gasteiger partial charge in [-0.15, -0.1) is 0 Å². The molecule has 2 aromatic carbocycles. The number of nitrogens with zero attached hydrogens (tertiary/aromatic N) is 1. The molecule has 2 aromatic rings. The van der Waals surface area contributed by atoms with E-state index in [1.54, 1.807) is 0 Å². The smallest absolute Gasteiger partial charge is 0.0682 e. The van der Waals surface area contributed by atoms with Crippen molar-refractivity contribution in [1.29, 1.82) is 0 Å². The van der Waals surface area contributed by atoms with Crippen molar-refractivity contribution in [2.24, 2.45) is 0 Å². The average Bonchev–Trinajstić information content (AvgIpc) is 2.58. The Kier molecular flexibility index (Phi) is 4.86. The van der Waals surface area contributed by atoms with Crippen molar-refractivity contribution >= 4 is 23.0 Å². The van der Waals surface area contributed by atoms with Gasteiger partial charge in [0.1, 0.15) is 0 Å². The number of benzene rings is 2. The van der Waals surface area contributed by atoms with Crippen molar-refractivity contribution in [3.8, 4) is 0 Å². The van der Waals surface area contributed by atoms with Gasteiger partial charge in [-0.2, -0.15) is 0 Å². The number of para-hydroxylation sites is 1. The van der Waals surface area contributed by atoms with Gasteiger partial charge in [0, 0.05) is 24.8 Å². The Labute approximate surface area is 136 Å². The van der Waals surface area contributed by atoms with Gasteiger partial charge in [0.15, 0.2) is 0 Å². The standard InChI is InChI=1S/C18H21ClN2O/c19-17-7-6-14(13-22)12-18(17)20-15-8-10-21(11-9-15)16-4-2-1-3-5-16/h1-7,12,15,20,22H,8-11,13H2. The summed E-state index contributed by atoms with van der Waals surface area (Å²) in [6.07, 6.45) is 2.16. The molecular weight excluding hydrogens is 296 g/mol. The molecular formula is C18H21ClN2O. The van der Waals surface area contributed by atoms with Crippen LogP contribution in [0.25, 0.3) is 0 Å². The maximum absolute atomic E-state index is 9.24. The van der Waals surface area contributed by atoms with E-state index in [1.165, 1.54) is 5.69 Å². The normalized spacial score (nSPS) is 15.8. The fourth-order valence-electron chi connectivity index (χ4n) is 2.92. The van der Waals surface area contributed by atoms with Crippen LogP contribution in [0, 0.1) is 0 Å². The van der Waals surface area contributed by atoms with Crippen molar-refractivity contribution in [3.05, 3.63) is 59.1 Å². The Morgan fingerprint density at radius 1 is 1.09 bits per heavy atom. The Bertz CT molecular complexity index is 610. The summed E-state index contributed by atoms with van der Waals surface area (Å²) < 4.78 is 0. The summed E-state index contributed by atoms with van der Waals surface area (Å²) in [5.74, 6) is 0. The third-order valence-electron chi connectivity index (χ3n) is 4.19. The van der Waals surface area contributed by atoms with Crippen LogP contribution in [0.15, 0.2) is 48.5 Å². The van der Waals surface area contributed by atoms with E-state index in [-0.39, 0.29) is 6.61 Å². The third kappa shape index (κ3) is 3.54. The zero-order chi connectivity index (χ0) is 15.4. The number of nitrogens with one attached hydrogen (secondary N) is 1. The molecule has 3 rings (SSSR count). The van der Waals surface area contributed by atoms with E-state index >= 15 is 0 Å². The molecule has 0 aromatic heterocycles. The van der Waals surface area contributed by atoms with Crippen LogP contribution in [0.3, 0.4) is 0 Å². The molecule has 0 aliphatic carbocycles. The van der Waals surface area contributed by atoms with E-state index in [9.17, 15) is 5.11 Å². The number of aliphatic hydroxyl groups is 1. The monoisotopic (exact) mass is 316 g/mol. The number of aliphatic hydroxyl groups excluding tert-OH is 1. The topological polar surface area (TPSA) is 35.5 Å². The summed E-state index contributed by atoms with van der Waals surface area (Å²) in [7, 11) is 0. The van der Waals surface area contributed by atoms with Crippen LogP contribution in [0.4, 0.5) is 11.4 Å². The lowest BCUT2D eigenvalue weighted by Crippen LogP contribution is -2.39. The van der Waals surface area contributed by atoms with Gasteiger partial charge in [-0.25, -0.2) is 0 Å². The quantitative estimate of drug-likeness (QED) is 0.897. The lowest BCUT2D eigenvalue weighted by atomic mass is 10.0. The summed E-state index contributed by atoms with van der Waals surface area (Å²) >= 11 is 6.24. The molecule has 4 heteroatoms. The molecule has 1 saturated heterocycles. The molecule has 1 heterocycles. The van der Waals surface area contributed by atoms with Crippen LogP contribution in [-0.4, -0.2) is 24.2 Å². The number of anilines is 2. The number of piperidine rings is 1. The second-order valence-electron chi connectivity index (χ2n) is 5.71. The van der Waals surface area contributed by atoms with E-state index in [4.69, 9.17) is 11.6 Å². The minimum atomic E-state index is 0.0400. The Morgan fingerprint density at radius 2 is 1.82 bits per heavy atom. The van der Waals surface area contributed by atoms with E-state index in [0.29, 0.717) is 11.1 Å². The number of hydrogen-bond donors (Lipinski definition) is 2. The zero-order valence-electron chi connectivity index (χ0n) is 12.5. The fourth-order valence-corrected chi connectivity index (χ4v) is 3.09. The summed E-state index contributed by atoms with van der Waals surface area (Å²) in [5.41, 5.74) is 3.10. The molecule has 0 unspecified atom stereocenters. The molecule has 0 atom stereocenters. The van der Waals surface area contributed by atoms with Crippen LogP contribution in [-0.2, 0) is 6.61 Å². The molecule has 1 aliphatic rings. The SMILES string of the molecule is OCc1ccc(Cl)c(NC2CCN(c3ccccc3)CC2)c1. The maximum atomic E-state index is 9.24. The fraction of sp³-hybridized carbons (Fsp3) is 0.333. The van der Waals surface area contributed by atoms with Crippen molar-refractivity contribution in [2.45, 2.75) is 25.5 Å². The predicted octanol–water partition coefficient (Wildman–Crippen LogP) is 3.91. The highest BCUT2D eigenvalue weighted by molar-refractivity contribution is 6.33. The molecule has 116 valence electrons. The minimum absolute atomic E-state index is 0.0400. The van der Waals surface area contributed by atoms with Crippen LogP contribution in [0.1, 0.15) is 18.4 Å². The van der Waals surface area contributed by atoms with Crippen LogP contribution >= 0.6 is 11.6 Å². The molecule has 22 heavy (non-hydrogen) atoms. The summed E-state index contributed by atoms with van der Waals surface area (Å²) in [5, 5.41) is 13.5. The highest BCUT2D eigenvalue weighted by Gasteiger charge is 2.19. The van der Waals surface area contributed by atoms with Gasteiger partial charge < -0.3 is 15.3 Å². The van der Waals surface area contributed by atoms with Crippen molar-refractivity contribution in [1.82, 2.24) is 0 Å². The molecule has 0 saturated carbocycles. The van der Waals surface area contributed by atoms with Crippen molar-refractivity contribution in [2.75, 3.05) is 23.3 Å². The van der Waals surface area contributed by atoms with Crippen molar-refractivity contribution in [3.63, 3.8) is 0 Å². The Balaban J connectivity index is 1.60. The van der Waals surface area contributed by atoms with Gasteiger partial charge in [-0.3, -0.25) is 0 Å². The van der Waals surface area contributed by atoms with E-state index in [0.717, 1.165) is 37.2 Å². The molecule has 0 bridgehead atoms. The van der Waals surface area contributed by atoms with Gasteiger partial charge in [0.2, 0.25) is 0 Å². The van der Waals surface area contributed by atoms with Crippen LogP contribution in [0.5, 0.6) is 0 Å². The molecule has 0 radical (unpaired) electrons. The predicted molar refractivity (Wildman–Crippen MR) is 92.7 cm³/mol. The highest BCUT2D eigenvalue weighted by atomic mass is 35.5. The lowest BCUT2D eigenvalue weighted by Gasteiger charge is -2.34. The van der Waals surface area contributed by atoms with Gasteiger partial charge in [0.05, 0.1) is 17.3 Å². The molecule has 2 N–H and O–H groups in total.